The van der Waals surface area contributed by atoms with Gasteiger partial charge in [0.1, 0.15) is 12.4 Å². The molecule has 2 aliphatic heterocycles. The molecule has 13 heteroatoms. The minimum atomic E-state index is -1.13. The molecule has 272 valence electrons. The molecule has 3 N–H and O–H groups in total. The molecule has 3 heterocycles. The second-order valence-electron chi connectivity index (χ2n) is 13.4. The van der Waals surface area contributed by atoms with Crippen molar-refractivity contribution in [1.29, 1.82) is 0 Å². The Kier molecular flexibility index (Phi) is 12.3. The highest BCUT2D eigenvalue weighted by Gasteiger charge is 2.57. The summed E-state index contributed by atoms with van der Waals surface area (Å²) in [5, 5.41) is 30.6. The molecule has 2 aromatic carbocycles. The van der Waals surface area contributed by atoms with Crippen LogP contribution in [-0.2, 0) is 19.0 Å². The Morgan fingerprint density at radius 3 is 2.58 bits per heavy atom. The molecule has 1 aliphatic carbocycles. The first kappa shape index (κ1) is 37.5. The van der Waals surface area contributed by atoms with E-state index in [1.54, 1.807) is 12.3 Å². The molecule has 0 radical (unpaired) electrons. The summed E-state index contributed by atoms with van der Waals surface area (Å²) in [7, 11) is 0.374. The molecule has 1 aromatic heterocycles. The Morgan fingerprint density at radius 2 is 1.85 bits per heavy atom. The molecule has 0 saturated carbocycles. The van der Waals surface area contributed by atoms with Crippen LogP contribution in [0.4, 0.5) is 0 Å². The van der Waals surface area contributed by atoms with Crippen LogP contribution < -0.4 is 9.47 Å². The molecule has 52 heavy (non-hydrogen) atoms. The number of amides is 2. The Hall–Kier alpha value is -4.21. The van der Waals surface area contributed by atoms with E-state index in [-0.39, 0.29) is 43.5 Å². The number of methoxy groups -OCH3 is 1. The standard InChI is InChI=1S/C39H42BIN2O9/c1-50-33-20-24(19-30(41)37(33)46)18-25(31-12-7-8-16-42-31)14-15-32-35-26(23-51-27-10-4-2-5-11-27)21-28-36(29(35)22-40(49)52-32)39(48)43(38(28)47)17-9-3-6-13-34(44)45/h2,4-5,7-8,10-12,16,18-20,28-29,32,36,46,49H,3,6,9,13-15,17,21-23H2,1H3,(H,44,45)/b25-18-/t28-,29+,32-,36-/m1/s1. The highest BCUT2D eigenvalue weighted by molar-refractivity contribution is 14.1. The van der Waals surface area contributed by atoms with Crippen LogP contribution >= 0.6 is 22.6 Å². The van der Waals surface area contributed by atoms with Gasteiger partial charge in [-0.15, -0.1) is 0 Å². The fourth-order valence-electron chi connectivity index (χ4n) is 7.74. The summed E-state index contributed by atoms with van der Waals surface area (Å²) in [4.78, 5) is 44.8. The first-order valence-corrected chi connectivity index (χ1v) is 18.7. The number of unbranched alkanes of at least 4 members (excludes halogenated alkanes) is 2. The van der Waals surface area contributed by atoms with Crippen molar-refractivity contribution >= 4 is 59.1 Å². The molecule has 0 bridgehead atoms. The van der Waals surface area contributed by atoms with E-state index in [9.17, 15) is 24.5 Å². The van der Waals surface area contributed by atoms with Crippen molar-refractivity contribution in [3.63, 3.8) is 0 Å². The zero-order chi connectivity index (χ0) is 36.8. The average molecular weight is 820 g/mol. The van der Waals surface area contributed by atoms with Crippen LogP contribution in [0.3, 0.4) is 0 Å². The molecule has 0 spiro atoms. The van der Waals surface area contributed by atoms with Gasteiger partial charge in [-0.05, 0) is 132 Å². The number of ether oxygens (including phenoxy) is 2. The summed E-state index contributed by atoms with van der Waals surface area (Å²) in [5.74, 6) is -1.84. The lowest BCUT2D eigenvalue weighted by atomic mass is 9.58. The van der Waals surface area contributed by atoms with Crippen molar-refractivity contribution in [2.75, 3.05) is 20.3 Å². The van der Waals surface area contributed by atoms with Crippen LogP contribution in [0.25, 0.3) is 11.6 Å². The van der Waals surface area contributed by atoms with Crippen molar-refractivity contribution in [3.8, 4) is 17.2 Å². The van der Waals surface area contributed by atoms with Gasteiger partial charge in [0.25, 0.3) is 0 Å². The number of aromatic hydroxyl groups is 1. The summed E-state index contributed by atoms with van der Waals surface area (Å²) in [6.07, 6.45) is 6.31. The Labute approximate surface area is 317 Å². The van der Waals surface area contributed by atoms with Crippen molar-refractivity contribution in [2.24, 2.45) is 17.8 Å². The molecule has 11 nitrogen and oxygen atoms in total. The minimum absolute atomic E-state index is 0.0478. The van der Waals surface area contributed by atoms with E-state index >= 15 is 0 Å². The first-order chi connectivity index (χ1) is 25.1. The Morgan fingerprint density at radius 1 is 1.06 bits per heavy atom. The largest absolute Gasteiger partial charge is 0.504 e. The van der Waals surface area contributed by atoms with Gasteiger partial charge in [-0.1, -0.05) is 30.7 Å². The number of aromatic nitrogens is 1. The lowest BCUT2D eigenvalue weighted by Crippen LogP contribution is -2.46. The molecule has 0 unspecified atom stereocenters. The van der Waals surface area contributed by atoms with E-state index in [1.165, 1.54) is 12.0 Å². The third-order valence-corrected chi connectivity index (χ3v) is 10.9. The lowest BCUT2D eigenvalue weighted by molar-refractivity contribution is -0.141. The highest BCUT2D eigenvalue weighted by Crippen LogP contribution is 2.51. The maximum Gasteiger partial charge on any atom is 0.455 e. The molecule has 6 rings (SSSR count). The number of nitrogens with zero attached hydrogens (tertiary/aromatic N) is 2. The van der Waals surface area contributed by atoms with Gasteiger partial charge in [0.15, 0.2) is 11.5 Å². The number of fused-ring (bicyclic) bond motifs is 3. The van der Waals surface area contributed by atoms with Crippen molar-refractivity contribution in [3.05, 3.63) is 92.8 Å². The molecular formula is C39H42BIN2O9. The monoisotopic (exact) mass is 820 g/mol. The minimum Gasteiger partial charge on any atom is -0.504 e. The normalized spacial score (nSPS) is 21.6. The third-order valence-electron chi connectivity index (χ3n) is 10.1. The SMILES string of the molecule is COc1cc(/C=C(/CC[C@H]2OB(O)C[C@H]3C2=C(COc2ccccc2)C[C@H]2C(=O)N(CCCCCC(=O)O)C(=O)[C@H]23)c2ccccn2)cc(I)c1O. The topological polar surface area (TPSA) is 156 Å². The van der Waals surface area contributed by atoms with E-state index in [1.807, 2.05) is 60.7 Å². The molecule has 2 fully saturated rings. The zero-order valence-electron chi connectivity index (χ0n) is 28.9. The second-order valence-corrected chi connectivity index (χ2v) is 14.6. The number of phenolic OH excluding ortho intramolecular Hbond substituents is 1. The van der Waals surface area contributed by atoms with Gasteiger partial charge in [-0.25, -0.2) is 0 Å². The van der Waals surface area contributed by atoms with Gasteiger partial charge in [0.05, 0.1) is 34.3 Å². The number of benzene rings is 2. The molecule has 2 saturated heterocycles. The fraction of sp³-hybridized carbons (Fsp3) is 0.385. The maximum atomic E-state index is 14.0. The summed E-state index contributed by atoms with van der Waals surface area (Å²) < 4.78 is 18.6. The number of allylic oxidation sites excluding steroid dienone is 1. The number of para-hydroxylation sites is 1. The number of halogens is 1. The highest BCUT2D eigenvalue weighted by atomic mass is 127. The second kappa shape index (κ2) is 17.1. The number of carbonyl (C=O) groups excluding carboxylic acids is 2. The van der Waals surface area contributed by atoms with Crippen LogP contribution in [0, 0.1) is 21.3 Å². The zero-order valence-corrected chi connectivity index (χ0v) is 31.1. The van der Waals surface area contributed by atoms with Gasteiger partial charge < -0.3 is 29.4 Å². The number of imide groups is 1. The van der Waals surface area contributed by atoms with E-state index in [0.717, 1.165) is 28.0 Å². The number of likely N-dealkylation sites (tertiary alicyclic amines) is 1. The van der Waals surface area contributed by atoms with Gasteiger partial charge in [0, 0.05) is 19.2 Å². The van der Waals surface area contributed by atoms with Crippen LogP contribution in [-0.4, -0.2) is 76.4 Å². The first-order valence-electron chi connectivity index (χ1n) is 17.6. The van der Waals surface area contributed by atoms with Gasteiger partial charge >= 0.3 is 13.1 Å². The quantitative estimate of drug-likeness (QED) is 0.0528. The molecule has 2 amide bonds. The predicted molar refractivity (Wildman–Crippen MR) is 203 cm³/mol. The predicted octanol–water partition coefficient (Wildman–Crippen LogP) is 6.24. The smallest absolute Gasteiger partial charge is 0.455 e. The van der Waals surface area contributed by atoms with Crippen LogP contribution in [0.2, 0.25) is 6.32 Å². The Bertz CT molecular complexity index is 1840. The number of carbonyl (C=O) groups is 3. The number of pyridine rings is 1. The summed E-state index contributed by atoms with van der Waals surface area (Å²) >= 11 is 2.07. The molecule has 3 aromatic rings. The average Bonchev–Trinajstić information content (AvgIpc) is 3.38. The van der Waals surface area contributed by atoms with Crippen LogP contribution in [0.1, 0.15) is 56.2 Å². The fourth-order valence-corrected chi connectivity index (χ4v) is 8.36. The van der Waals surface area contributed by atoms with Gasteiger partial charge in [0.2, 0.25) is 11.8 Å². The van der Waals surface area contributed by atoms with Crippen molar-refractivity contribution in [2.45, 2.75) is 57.4 Å². The van der Waals surface area contributed by atoms with E-state index in [4.69, 9.17) is 19.2 Å². The summed E-state index contributed by atoms with van der Waals surface area (Å²) in [6, 6.07) is 18.7. The number of phenols is 1. The summed E-state index contributed by atoms with van der Waals surface area (Å²) in [6.45, 7) is 0.449. The van der Waals surface area contributed by atoms with Crippen molar-refractivity contribution in [1.82, 2.24) is 9.88 Å². The lowest BCUT2D eigenvalue weighted by Gasteiger charge is -2.43. The van der Waals surface area contributed by atoms with E-state index in [2.05, 4.69) is 27.6 Å². The number of hydrogen-bond acceptors (Lipinski definition) is 9. The molecular weight excluding hydrogens is 778 g/mol. The molecule has 3 aliphatic rings. The van der Waals surface area contributed by atoms with Gasteiger partial charge in [-0.2, -0.15) is 0 Å². The maximum absolute atomic E-state index is 14.0. The number of carboxylic acids is 1. The molecule has 4 atom stereocenters. The third kappa shape index (κ3) is 8.53. The van der Waals surface area contributed by atoms with Crippen LogP contribution in [0.15, 0.2) is 78.0 Å². The van der Waals surface area contributed by atoms with E-state index < -0.39 is 36.9 Å². The Balaban J connectivity index is 1.31. The van der Waals surface area contributed by atoms with Gasteiger partial charge in [-0.3, -0.25) is 24.3 Å². The number of carboxylic acid groups (broad SMARTS) is 1. The number of aliphatic carboxylic acids is 1. The van der Waals surface area contributed by atoms with Crippen molar-refractivity contribution < 1.29 is 43.7 Å². The number of hydrogen-bond donors (Lipinski definition) is 3. The van der Waals surface area contributed by atoms with E-state index in [0.29, 0.717) is 53.6 Å². The number of rotatable bonds is 15. The summed E-state index contributed by atoms with van der Waals surface area (Å²) in [5.41, 5.74) is 4.29. The van der Waals surface area contributed by atoms with Crippen LogP contribution in [0.5, 0.6) is 17.2 Å².